The molecule has 0 aliphatic carbocycles. The van der Waals surface area contributed by atoms with Gasteiger partial charge in [0.25, 0.3) is 0 Å². The van der Waals surface area contributed by atoms with Crippen LogP contribution in [0, 0.1) is 6.85 Å². The molecule has 0 nitrogen and oxygen atoms in total. The molecule has 0 aliphatic heterocycles. The van der Waals surface area contributed by atoms with Gasteiger partial charge in [0.1, 0.15) is 0 Å². The Kier molecular flexibility index (Phi) is 1.40. The Labute approximate surface area is 92.2 Å². The van der Waals surface area contributed by atoms with E-state index in [1.165, 1.54) is 12.1 Å². The van der Waals surface area contributed by atoms with Crippen molar-refractivity contribution in [3.63, 3.8) is 0 Å². The highest BCUT2D eigenvalue weighted by Crippen LogP contribution is 2.10. The van der Waals surface area contributed by atoms with Crippen LogP contribution in [0.2, 0.25) is 0 Å². The largest absolute Gasteiger partial charge is 0.0622 e. The second-order valence-electron chi connectivity index (χ2n) is 3.07. The van der Waals surface area contributed by atoms with E-state index in [1.54, 1.807) is 36.4 Å². The lowest BCUT2D eigenvalue weighted by Gasteiger charge is -2.02. The molecule has 0 aliphatic rings. The first-order chi connectivity index (χ1) is 8.82. The van der Waals surface area contributed by atoms with Gasteiger partial charge < -0.3 is 0 Å². The van der Waals surface area contributed by atoms with Gasteiger partial charge in [0, 0.05) is 6.85 Å². The van der Waals surface area contributed by atoms with E-state index in [2.05, 4.69) is 0 Å². The molecule has 70 valence electrons. The zero-order chi connectivity index (χ0) is 14.1. The van der Waals surface area contributed by atoms with Crippen molar-refractivity contribution in [1.82, 2.24) is 0 Å². The second kappa shape index (κ2) is 4.10. The summed E-state index contributed by atoms with van der Waals surface area (Å²) in [6.45, 7) is -2.22. The van der Waals surface area contributed by atoms with Gasteiger partial charge in [-0.3, -0.25) is 0 Å². The van der Waals surface area contributed by atoms with Gasteiger partial charge in [-0.25, -0.2) is 0 Å². The Bertz CT molecular complexity index is 558. The quantitative estimate of drug-likeness (QED) is 0.674. The highest BCUT2D eigenvalue weighted by Gasteiger charge is 1.94. The minimum Gasteiger partial charge on any atom is -0.0622 e. The van der Waals surface area contributed by atoms with Crippen molar-refractivity contribution in [2.75, 3.05) is 0 Å². The normalized spacial score (nSPS) is 17.3. The van der Waals surface area contributed by atoms with Gasteiger partial charge in [-0.2, -0.15) is 0 Å². The standard InChI is InChI=1S/C14H14/c1-12-6-5-9-14(10-12)11-13-7-3-2-4-8-13/h2-10H,11H2,1H3/i1D3,11D2. The molecule has 0 radical (unpaired) electrons. The van der Waals surface area contributed by atoms with Crippen LogP contribution >= 0.6 is 0 Å². The summed E-state index contributed by atoms with van der Waals surface area (Å²) in [5.74, 6) is 0. The van der Waals surface area contributed by atoms with E-state index in [4.69, 9.17) is 6.85 Å². The molecule has 14 heavy (non-hydrogen) atoms. The van der Waals surface area contributed by atoms with E-state index in [-0.39, 0.29) is 5.56 Å². The average molecular weight is 187 g/mol. The fraction of sp³-hybridized carbons (Fsp3) is 0.143. The molecule has 0 saturated carbocycles. The third kappa shape index (κ3) is 2.23. The minimum atomic E-state index is -2.22. The van der Waals surface area contributed by atoms with Crippen LogP contribution in [0.25, 0.3) is 0 Å². The highest BCUT2D eigenvalue weighted by atomic mass is 14.0. The van der Waals surface area contributed by atoms with Crippen LogP contribution in [-0.4, -0.2) is 0 Å². The number of hydrogen-bond acceptors (Lipinski definition) is 0. The highest BCUT2D eigenvalue weighted by molar-refractivity contribution is 5.28. The SMILES string of the molecule is [2H]C([2H])([2H])c1cccc(C([2H])([2H])c2ccccc2)c1. The summed E-state index contributed by atoms with van der Waals surface area (Å²) in [5.41, 5.74) is 1.02. The lowest BCUT2D eigenvalue weighted by molar-refractivity contribution is 1.18. The Balaban J connectivity index is 2.47. The molecule has 0 spiro atoms. The van der Waals surface area contributed by atoms with Gasteiger partial charge in [-0.15, -0.1) is 0 Å². The van der Waals surface area contributed by atoms with Crippen molar-refractivity contribution in [1.29, 1.82) is 0 Å². The smallest absolute Gasteiger partial charge is 0.0366 e. The zero-order valence-corrected chi connectivity index (χ0v) is 7.70. The summed E-state index contributed by atoms with van der Waals surface area (Å²) in [4.78, 5) is 0. The second-order valence-corrected chi connectivity index (χ2v) is 3.07. The van der Waals surface area contributed by atoms with Crippen molar-refractivity contribution in [3.05, 3.63) is 71.3 Å². The van der Waals surface area contributed by atoms with Crippen molar-refractivity contribution in [2.24, 2.45) is 0 Å². The average Bonchev–Trinajstić information content (AvgIpc) is 2.39. The lowest BCUT2D eigenvalue weighted by atomic mass is 10.0. The molecule has 0 amide bonds. The van der Waals surface area contributed by atoms with Crippen LogP contribution in [0.5, 0.6) is 0 Å². The summed E-state index contributed by atoms with van der Waals surface area (Å²) in [5, 5.41) is 0. The fourth-order valence-electron chi connectivity index (χ4n) is 1.29. The maximum Gasteiger partial charge on any atom is 0.0366 e. The third-order valence-electron chi connectivity index (χ3n) is 1.93. The van der Waals surface area contributed by atoms with Crippen molar-refractivity contribution < 1.29 is 6.85 Å². The first kappa shape index (κ1) is 4.79. The Hall–Kier alpha value is -1.56. The molecule has 2 aromatic carbocycles. The summed E-state index contributed by atoms with van der Waals surface area (Å²) in [7, 11) is 0. The molecule has 0 unspecified atom stereocenters. The zero-order valence-electron chi connectivity index (χ0n) is 12.7. The van der Waals surface area contributed by atoms with E-state index in [1.807, 2.05) is 6.07 Å². The van der Waals surface area contributed by atoms with Gasteiger partial charge >= 0.3 is 0 Å². The molecule has 0 bridgehead atoms. The summed E-state index contributed by atoms with van der Waals surface area (Å²) < 4.78 is 38.6. The van der Waals surface area contributed by atoms with Crippen LogP contribution in [-0.2, 0) is 6.37 Å². The number of aryl methyl sites for hydroxylation is 1. The molecular formula is C14H14. The van der Waals surface area contributed by atoms with Gasteiger partial charge in [0.15, 0.2) is 0 Å². The van der Waals surface area contributed by atoms with Crippen molar-refractivity contribution in [2.45, 2.75) is 13.2 Å². The van der Waals surface area contributed by atoms with Crippen LogP contribution in [0.1, 0.15) is 23.5 Å². The number of hydrogen-bond donors (Lipinski definition) is 0. The predicted octanol–water partition coefficient (Wildman–Crippen LogP) is 3.59. The minimum absolute atomic E-state index is 0.157. The molecule has 0 heterocycles. The van der Waals surface area contributed by atoms with E-state index < -0.39 is 13.2 Å². The topological polar surface area (TPSA) is 0 Å². The maximum absolute atomic E-state index is 8.19. The monoisotopic (exact) mass is 187 g/mol. The van der Waals surface area contributed by atoms with E-state index in [0.717, 1.165) is 0 Å². The van der Waals surface area contributed by atoms with Crippen LogP contribution in [0.3, 0.4) is 0 Å². The molecule has 2 aromatic rings. The Morgan fingerprint density at radius 1 is 1.00 bits per heavy atom. The van der Waals surface area contributed by atoms with Crippen molar-refractivity contribution >= 4 is 0 Å². The van der Waals surface area contributed by atoms with Crippen molar-refractivity contribution in [3.8, 4) is 0 Å². The Morgan fingerprint density at radius 3 is 2.57 bits per heavy atom. The molecule has 0 saturated heterocycles. The number of rotatable bonds is 2. The van der Waals surface area contributed by atoms with Gasteiger partial charge in [0.05, 0.1) is 0 Å². The van der Waals surface area contributed by atoms with Crippen LogP contribution in [0.15, 0.2) is 54.6 Å². The predicted molar refractivity (Wildman–Crippen MR) is 60.4 cm³/mol. The fourth-order valence-corrected chi connectivity index (χ4v) is 1.29. The lowest BCUT2D eigenvalue weighted by Crippen LogP contribution is -1.87. The Morgan fingerprint density at radius 2 is 1.79 bits per heavy atom. The summed E-state index contributed by atoms with van der Waals surface area (Å²) >= 11 is 0. The first-order valence-electron chi connectivity index (χ1n) is 6.98. The summed E-state index contributed by atoms with van der Waals surface area (Å²) in [6.07, 6.45) is -1.71. The maximum atomic E-state index is 8.19. The van der Waals surface area contributed by atoms with Crippen LogP contribution in [0.4, 0.5) is 0 Å². The molecule has 0 N–H and O–H groups in total. The number of benzene rings is 2. The molecular weight excluding hydrogens is 168 g/mol. The van der Waals surface area contributed by atoms with Gasteiger partial charge in [-0.05, 0) is 24.4 Å². The molecule has 0 aromatic heterocycles. The first-order valence-corrected chi connectivity index (χ1v) is 4.48. The van der Waals surface area contributed by atoms with Gasteiger partial charge in [0.2, 0.25) is 0 Å². The molecule has 0 atom stereocenters. The molecule has 0 fully saturated rings. The van der Waals surface area contributed by atoms with Gasteiger partial charge in [-0.1, -0.05) is 60.2 Å². The van der Waals surface area contributed by atoms with Crippen LogP contribution < -0.4 is 0 Å². The molecule has 0 heteroatoms. The summed E-state index contributed by atoms with van der Waals surface area (Å²) in [6, 6.07) is 14.8. The third-order valence-corrected chi connectivity index (χ3v) is 1.93. The van der Waals surface area contributed by atoms with E-state index in [0.29, 0.717) is 11.1 Å². The molecule has 2 rings (SSSR count). The van der Waals surface area contributed by atoms with E-state index >= 15 is 0 Å². The van der Waals surface area contributed by atoms with E-state index in [9.17, 15) is 0 Å².